The normalized spacial score (nSPS) is 20.2. The van der Waals surface area contributed by atoms with Crippen molar-refractivity contribution in [1.29, 1.82) is 0 Å². The second-order valence-electron chi connectivity index (χ2n) is 5.22. The maximum atomic E-state index is 13.8. The predicted molar refractivity (Wildman–Crippen MR) is 79.5 cm³/mol. The van der Waals surface area contributed by atoms with Crippen LogP contribution in [0, 0.1) is 11.7 Å². The number of hydrogen-bond donors (Lipinski definition) is 2. The minimum absolute atomic E-state index is 0.220. The van der Waals surface area contributed by atoms with Gasteiger partial charge >= 0.3 is 0 Å². The summed E-state index contributed by atoms with van der Waals surface area (Å²) in [5, 5.41) is 3.33. The Kier molecular flexibility index (Phi) is 5.33. The Balaban J connectivity index is 2.01. The summed E-state index contributed by atoms with van der Waals surface area (Å²) in [6, 6.07) is 4.69. The Morgan fingerprint density at radius 2 is 2.11 bits per heavy atom. The molecule has 1 aliphatic rings. The number of nitrogens with zero attached hydrogens (tertiary/aromatic N) is 1. The third kappa shape index (κ3) is 3.99. The Labute approximate surface area is 122 Å². The molecule has 106 valence electrons. The van der Waals surface area contributed by atoms with Gasteiger partial charge in [-0.2, -0.15) is 0 Å². The number of nitrogens with one attached hydrogen (secondary N) is 1. The highest BCUT2D eigenvalue weighted by molar-refractivity contribution is 9.10. The van der Waals surface area contributed by atoms with E-state index in [1.165, 1.54) is 6.07 Å². The standard InChI is InChI=1S/C14H21BrFN3/c1-10(9-19-6-4-18-5-7-19)14(17)12-8-11(15)2-3-13(12)16/h2-3,8,10,14,18H,4-7,9,17H2,1H3. The molecule has 0 amide bonds. The summed E-state index contributed by atoms with van der Waals surface area (Å²) in [5.74, 6) is 0.00441. The maximum Gasteiger partial charge on any atom is 0.128 e. The van der Waals surface area contributed by atoms with Crippen molar-refractivity contribution in [1.82, 2.24) is 10.2 Å². The molecule has 2 atom stereocenters. The third-order valence-corrected chi connectivity index (χ3v) is 4.18. The molecule has 1 aliphatic heterocycles. The molecule has 3 N–H and O–H groups in total. The van der Waals surface area contributed by atoms with E-state index in [1.54, 1.807) is 12.1 Å². The first kappa shape index (κ1) is 14.9. The summed E-state index contributed by atoms with van der Waals surface area (Å²) in [5.41, 5.74) is 6.82. The van der Waals surface area contributed by atoms with Gasteiger partial charge in [0.1, 0.15) is 5.82 Å². The molecule has 0 aromatic heterocycles. The van der Waals surface area contributed by atoms with Gasteiger partial charge in [-0.25, -0.2) is 4.39 Å². The van der Waals surface area contributed by atoms with Crippen molar-refractivity contribution in [3.05, 3.63) is 34.1 Å². The van der Waals surface area contributed by atoms with E-state index in [1.807, 2.05) is 0 Å². The smallest absolute Gasteiger partial charge is 0.128 e. The lowest BCUT2D eigenvalue weighted by atomic mass is 9.94. The van der Waals surface area contributed by atoms with E-state index < -0.39 is 0 Å². The molecular weight excluding hydrogens is 309 g/mol. The lowest BCUT2D eigenvalue weighted by molar-refractivity contribution is 0.198. The van der Waals surface area contributed by atoms with E-state index in [0.29, 0.717) is 5.56 Å². The number of benzene rings is 1. The minimum atomic E-state index is -0.271. The Morgan fingerprint density at radius 1 is 1.42 bits per heavy atom. The Bertz CT molecular complexity index is 421. The number of hydrogen-bond acceptors (Lipinski definition) is 3. The summed E-state index contributed by atoms with van der Waals surface area (Å²) in [4.78, 5) is 2.39. The number of halogens is 2. The second kappa shape index (κ2) is 6.79. The van der Waals surface area contributed by atoms with Crippen molar-refractivity contribution >= 4 is 15.9 Å². The van der Waals surface area contributed by atoms with Gasteiger partial charge in [-0.3, -0.25) is 0 Å². The second-order valence-corrected chi connectivity index (χ2v) is 6.14. The minimum Gasteiger partial charge on any atom is -0.324 e. The van der Waals surface area contributed by atoms with E-state index in [9.17, 15) is 4.39 Å². The molecule has 19 heavy (non-hydrogen) atoms. The van der Waals surface area contributed by atoms with Gasteiger partial charge in [-0.05, 0) is 24.1 Å². The number of piperazine rings is 1. The first-order chi connectivity index (χ1) is 9.08. The van der Waals surface area contributed by atoms with Gasteiger partial charge in [0.05, 0.1) is 0 Å². The molecule has 1 heterocycles. The van der Waals surface area contributed by atoms with Crippen LogP contribution in [0.2, 0.25) is 0 Å². The van der Waals surface area contributed by atoms with E-state index in [4.69, 9.17) is 5.73 Å². The lowest BCUT2D eigenvalue weighted by Gasteiger charge is -2.32. The van der Waals surface area contributed by atoms with Crippen molar-refractivity contribution in [2.45, 2.75) is 13.0 Å². The van der Waals surface area contributed by atoms with Crippen LogP contribution < -0.4 is 11.1 Å². The summed E-state index contributed by atoms with van der Waals surface area (Å²) in [6.45, 7) is 7.12. The van der Waals surface area contributed by atoms with Gasteiger partial charge in [0, 0.05) is 48.8 Å². The highest BCUT2D eigenvalue weighted by atomic mass is 79.9. The Morgan fingerprint density at radius 3 is 2.79 bits per heavy atom. The summed E-state index contributed by atoms with van der Waals surface area (Å²) in [6.07, 6.45) is 0. The summed E-state index contributed by atoms with van der Waals surface area (Å²) in [7, 11) is 0. The average molecular weight is 330 g/mol. The molecule has 2 rings (SSSR count). The topological polar surface area (TPSA) is 41.3 Å². The molecule has 0 radical (unpaired) electrons. The van der Waals surface area contributed by atoms with Crippen molar-refractivity contribution in [3.63, 3.8) is 0 Å². The SMILES string of the molecule is CC(CN1CCNCC1)C(N)c1cc(Br)ccc1F. The Hall–Kier alpha value is -0.490. The van der Waals surface area contributed by atoms with E-state index in [0.717, 1.165) is 37.2 Å². The molecule has 5 heteroatoms. The van der Waals surface area contributed by atoms with Gasteiger partial charge in [0.25, 0.3) is 0 Å². The summed E-state index contributed by atoms with van der Waals surface area (Å²) < 4.78 is 14.7. The van der Waals surface area contributed by atoms with Crippen molar-refractivity contribution in [2.75, 3.05) is 32.7 Å². The van der Waals surface area contributed by atoms with E-state index >= 15 is 0 Å². The molecule has 1 aromatic carbocycles. The van der Waals surface area contributed by atoms with Crippen LogP contribution in [0.25, 0.3) is 0 Å². The molecule has 0 spiro atoms. The van der Waals surface area contributed by atoms with Gasteiger partial charge in [0.15, 0.2) is 0 Å². The average Bonchev–Trinajstić information content (AvgIpc) is 2.42. The zero-order valence-corrected chi connectivity index (χ0v) is 12.8. The third-order valence-electron chi connectivity index (χ3n) is 3.69. The van der Waals surface area contributed by atoms with Crippen molar-refractivity contribution < 1.29 is 4.39 Å². The first-order valence-corrected chi connectivity index (χ1v) is 7.51. The van der Waals surface area contributed by atoms with Crippen LogP contribution >= 0.6 is 15.9 Å². The van der Waals surface area contributed by atoms with Crippen LogP contribution in [0.1, 0.15) is 18.5 Å². The molecule has 1 aromatic rings. The van der Waals surface area contributed by atoms with Gasteiger partial charge in [-0.15, -0.1) is 0 Å². The maximum absolute atomic E-state index is 13.8. The molecule has 0 saturated carbocycles. The van der Waals surface area contributed by atoms with Crippen LogP contribution in [0.15, 0.2) is 22.7 Å². The zero-order chi connectivity index (χ0) is 13.8. The first-order valence-electron chi connectivity index (χ1n) is 6.71. The molecule has 3 nitrogen and oxygen atoms in total. The summed E-state index contributed by atoms with van der Waals surface area (Å²) >= 11 is 3.37. The monoisotopic (exact) mass is 329 g/mol. The van der Waals surface area contributed by atoms with Crippen LogP contribution in [-0.4, -0.2) is 37.6 Å². The van der Waals surface area contributed by atoms with Gasteiger partial charge in [-0.1, -0.05) is 22.9 Å². The van der Waals surface area contributed by atoms with Gasteiger partial charge in [0.2, 0.25) is 0 Å². The quantitative estimate of drug-likeness (QED) is 0.889. The fourth-order valence-corrected chi connectivity index (χ4v) is 2.87. The molecular formula is C14H21BrFN3. The van der Waals surface area contributed by atoms with Crippen LogP contribution in [-0.2, 0) is 0 Å². The molecule has 1 fully saturated rings. The van der Waals surface area contributed by atoms with Crippen LogP contribution in [0.4, 0.5) is 4.39 Å². The van der Waals surface area contributed by atoms with Crippen molar-refractivity contribution in [3.8, 4) is 0 Å². The number of rotatable bonds is 4. The highest BCUT2D eigenvalue weighted by Gasteiger charge is 2.21. The number of nitrogens with two attached hydrogens (primary N) is 1. The fourth-order valence-electron chi connectivity index (χ4n) is 2.49. The predicted octanol–water partition coefficient (Wildman–Crippen LogP) is 2.13. The molecule has 2 unspecified atom stereocenters. The van der Waals surface area contributed by atoms with Crippen LogP contribution in [0.3, 0.4) is 0 Å². The van der Waals surface area contributed by atoms with Gasteiger partial charge < -0.3 is 16.0 Å². The molecule has 0 aliphatic carbocycles. The largest absolute Gasteiger partial charge is 0.324 e. The van der Waals surface area contributed by atoms with Crippen LogP contribution in [0.5, 0.6) is 0 Å². The molecule has 0 bridgehead atoms. The highest BCUT2D eigenvalue weighted by Crippen LogP contribution is 2.25. The van der Waals surface area contributed by atoms with E-state index in [2.05, 4.69) is 33.1 Å². The zero-order valence-electron chi connectivity index (χ0n) is 11.2. The molecule has 1 saturated heterocycles. The lowest BCUT2D eigenvalue weighted by Crippen LogP contribution is -2.46. The van der Waals surface area contributed by atoms with E-state index in [-0.39, 0.29) is 17.8 Å². The fraction of sp³-hybridized carbons (Fsp3) is 0.571. The van der Waals surface area contributed by atoms with Crippen molar-refractivity contribution in [2.24, 2.45) is 11.7 Å².